The van der Waals surface area contributed by atoms with Gasteiger partial charge in [-0.05, 0) is 71.6 Å². The summed E-state index contributed by atoms with van der Waals surface area (Å²) in [6.07, 6.45) is 3.82. The van der Waals surface area contributed by atoms with Gasteiger partial charge in [0.1, 0.15) is 0 Å². The van der Waals surface area contributed by atoms with Crippen molar-refractivity contribution in [2.75, 3.05) is 26.7 Å². The molecule has 0 saturated carbocycles. The molecular weight excluding hydrogens is 395 g/mol. The van der Waals surface area contributed by atoms with Crippen molar-refractivity contribution in [3.05, 3.63) is 7.43 Å². The van der Waals surface area contributed by atoms with Crippen LogP contribution in [-0.4, -0.2) is 56.4 Å². The SMILES string of the molecule is C.C.C.CCCC[Si](C)(C)O[Si](C)(C)O[Si](C)(C)CCC[N+](C)(CC)CC.[CH3-]. The van der Waals surface area contributed by atoms with Gasteiger partial charge in [-0.15, -0.1) is 0 Å². The molecular formula is C22H61NO2Si3. The van der Waals surface area contributed by atoms with Crippen LogP contribution in [0.3, 0.4) is 0 Å². The van der Waals surface area contributed by atoms with Gasteiger partial charge < -0.3 is 20.1 Å². The second kappa shape index (κ2) is 16.3. The Hall–Kier alpha value is 0.531. The maximum atomic E-state index is 6.71. The predicted octanol–water partition coefficient (Wildman–Crippen LogP) is 8.17. The van der Waals surface area contributed by atoms with E-state index in [2.05, 4.69) is 67.1 Å². The number of rotatable bonds is 13. The highest BCUT2D eigenvalue weighted by Gasteiger charge is 2.39. The van der Waals surface area contributed by atoms with Crippen molar-refractivity contribution >= 4 is 25.2 Å². The Kier molecular flexibility index (Phi) is 22.7. The Balaban J connectivity index is -0.000000441. The van der Waals surface area contributed by atoms with Crippen molar-refractivity contribution in [3.63, 3.8) is 0 Å². The minimum Gasteiger partial charge on any atom is -0.437 e. The molecule has 0 amide bonds. The van der Waals surface area contributed by atoms with Crippen LogP contribution in [0.25, 0.3) is 0 Å². The zero-order valence-electron chi connectivity index (χ0n) is 19.4. The van der Waals surface area contributed by atoms with E-state index in [1.165, 1.54) is 55.5 Å². The summed E-state index contributed by atoms with van der Waals surface area (Å²) in [6, 6.07) is 2.51. The fourth-order valence-electron chi connectivity index (χ4n) is 3.48. The van der Waals surface area contributed by atoms with Crippen molar-refractivity contribution in [3.8, 4) is 0 Å². The zero-order valence-corrected chi connectivity index (χ0v) is 22.4. The van der Waals surface area contributed by atoms with Gasteiger partial charge in [0.05, 0.1) is 26.7 Å². The van der Waals surface area contributed by atoms with Gasteiger partial charge in [-0.2, -0.15) is 0 Å². The lowest BCUT2D eigenvalue weighted by molar-refractivity contribution is -0.906. The van der Waals surface area contributed by atoms with E-state index in [1.54, 1.807) is 0 Å². The van der Waals surface area contributed by atoms with Crippen LogP contribution < -0.4 is 0 Å². The average Bonchev–Trinajstić information content (AvgIpc) is 2.42. The molecule has 0 aromatic heterocycles. The van der Waals surface area contributed by atoms with Crippen molar-refractivity contribution in [2.45, 2.75) is 114 Å². The van der Waals surface area contributed by atoms with Crippen molar-refractivity contribution < 1.29 is 12.7 Å². The van der Waals surface area contributed by atoms with Crippen molar-refractivity contribution in [1.29, 1.82) is 0 Å². The first-order chi connectivity index (χ1) is 10.8. The van der Waals surface area contributed by atoms with Crippen molar-refractivity contribution in [2.24, 2.45) is 0 Å². The summed E-state index contributed by atoms with van der Waals surface area (Å²) in [4.78, 5) is 0. The standard InChI is InChI=1S/C18H46NO2Si3.3CH4.CH3/c1-11-14-17-22(5,6)20-24(9,10)21-23(7,8)18-15-16-19(4,12-2)13-3;;;;/h11-18H2,1-10H3;3*1H4;1H3/q+1;;;;-1. The first-order valence-corrected chi connectivity index (χ1v) is 19.1. The van der Waals surface area contributed by atoms with E-state index in [1.807, 2.05) is 0 Å². The number of nitrogens with zero attached hydrogens (tertiary/aromatic N) is 1. The lowest BCUT2D eigenvalue weighted by Gasteiger charge is -2.39. The van der Waals surface area contributed by atoms with E-state index >= 15 is 0 Å². The van der Waals surface area contributed by atoms with Gasteiger partial charge in [-0.25, -0.2) is 0 Å². The third kappa shape index (κ3) is 17.4. The van der Waals surface area contributed by atoms with E-state index in [0.717, 1.165) is 0 Å². The summed E-state index contributed by atoms with van der Waals surface area (Å²) in [5.74, 6) is 0. The van der Waals surface area contributed by atoms with Gasteiger partial charge in [0, 0.05) is 0 Å². The van der Waals surface area contributed by atoms with Crippen molar-refractivity contribution in [1.82, 2.24) is 0 Å². The molecule has 0 aromatic carbocycles. The van der Waals surface area contributed by atoms with Crippen LogP contribution in [0.15, 0.2) is 0 Å². The highest BCUT2D eigenvalue weighted by Crippen LogP contribution is 2.26. The first kappa shape index (κ1) is 39.1. The van der Waals surface area contributed by atoms with Crippen LogP contribution in [0.5, 0.6) is 0 Å². The highest BCUT2D eigenvalue weighted by atomic mass is 28.5. The molecule has 0 saturated heterocycles. The molecule has 0 rings (SSSR count). The molecule has 6 heteroatoms. The van der Waals surface area contributed by atoms with Crippen LogP contribution in [-0.2, 0) is 8.23 Å². The fraction of sp³-hybridized carbons (Fsp3) is 0.955. The highest BCUT2D eigenvalue weighted by molar-refractivity contribution is 6.87. The molecule has 0 fully saturated rings. The summed E-state index contributed by atoms with van der Waals surface area (Å²) in [5.41, 5.74) is 0. The summed E-state index contributed by atoms with van der Waals surface area (Å²) >= 11 is 0. The lowest BCUT2D eigenvalue weighted by Crippen LogP contribution is -2.52. The third-order valence-corrected chi connectivity index (χ3v) is 16.6. The Bertz CT molecular complexity index is 358. The Labute approximate surface area is 185 Å². The molecule has 178 valence electrons. The van der Waals surface area contributed by atoms with Gasteiger partial charge in [0.25, 0.3) is 0 Å². The maximum Gasteiger partial charge on any atom is 0.311 e. The number of hydrogen-bond donors (Lipinski definition) is 0. The molecule has 3 nitrogen and oxygen atoms in total. The quantitative estimate of drug-likeness (QED) is 0.158. The molecule has 0 N–H and O–H groups in total. The molecule has 0 aliphatic heterocycles. The predicted molar refractivity (Wildman–Crippen MR) is 142 cm³/mol. The Morgan fingerprint density at radius 2 is 1.04 bits per heavy atom. The summed E-state index contributed by atoms with van der Waals surface area (Å²) < 4.78 is 14.5. The molecule has 0 radical (unpaired) electrons. The fourth-order valence-corrected chi connectivity index (χ4v) is 17.7. The second-order valence-electron chi connectivity index (χ2n) is 9.31. The second-order valence-corrected chi connectivity index (χ2v) is 21.8. The van der Waals surface area contributed by atoms with Gasteiger partial charge in [-0.3, -0.25) is 0 Å². The van der Waals surface area contributed by atoms with Gasteiger partial charge in [0.2, 0.25) is 0 Å². The molecule has 0 aliphatic rings. The van der Waals surface area contributed by atoms with Crippen LogP contribution in [0.2, 0.25) is 51.4 Å². The summed E-state index contributed by atoms with van der Waals surface area (Å²) in [7, 11) is -2.87. The smallest absolute Gasteiger partial charge is 0.311 e. The molecule has 0 aliphatic carbocycles. The van der Waals surface area contributed by atoms with E-state index in [-0.39, 0.29) is 29.7 Å². The molecule has 0 aromatic rings. The van der Waals surface area contributed by atoms with E-state index < -0.39 is 25.2 Å². The number of hydrogen-bond acceptors (Lipinski definition) is 2. The minimum atomic E-state index is -2.02. The zero-order chi connectivity index (χ0) is 19.1. The van der Waals surface area contributed by atoms with E-state index in [9.17, 15) is 0 Å². The first-order valence-electron chi connectivity index (χ1n) is 10.0. The van der Waals surface area contributed by atoms with E-state index in [4.69, 9.17) is 8.23 Å². The Morgan fingerprint density at radius 3 is 1.36 bits per heavy atom. The largest absolute Gasteiger partial charge is 0.437 e. The normalized spacial score (nSPS) is 12.2. The van der Waals surface area contributed by atoms with Crippen LogP contribution in [0, 0.1) is 7.43 Å². The number of quaternary nitrogens is 1. The topological polar surface area (TPSA) is 18.5 Å². The van der Waals surface area contributed by atoms with Crippen LogP contribution in [0.1, 0.15) is 62.3 Å². The third-order valence-electron chi connectivity index (χ3n) is 5.18. The molecule has 0 bridgehead atoms. The van der Waals surface area contributed by atoms with Gasteiger partial charge >= 0.3 is 8.56 Å². The summed E-state index contributed by atoms with van der Waals surface area (Å²) in [6.45, 7) is 24.6. The average molecular weight is 456 g/mol. The maximum absolute atomic E-state index is 6.71. The monoisotopic (exact) mass is 455 g/mol. The molecule has 0 atom stereocenters. The number of unbranched alkanes of at least 4 members (excludes halogenated alkanes) is 1. The minimum absolute atomic E-state index is 0. The van der Waals surface area contributed by atoms with E-state index in [0.29, 0.717) is 0 Å². The molecule has 0 unspecified atom stereocenters. The summed E-state index contributed by atoms with van der Waals surface area (Å²) in [5, 5.41) is 0. The van der Waals surface area contributed by atoms with Gasteiger partial charge in [-0.1, -0.05) is 42.0 Å². The van der Waals surface area contributed by atoms with Gasteiger partial charge in [0.15, 0.2) is 16.6 Å². The Morgan fingerprint density at radius 1 is 0.679 bits per heavy atom. The molecule has 0 spiro atoms. The molecule has 0 heterocycles. The lowest BCUT2D eigenvalue weighted by atomic mass is 10.3. The molecule has 28 heavy (non-hydrogen) atoms. The van der Waals surface area contributed by atoms with Crippen LogP contribution in [0.4, 0.5) is 0 Å². The van der Waals surface area contributed by atoms with Crippen LogP contribution >= 0.6 is 0 Å².